The Morgan fingerprint density at radius 3 is 1.47 bits per heavy atom. The van der Waals surface area contributed by atoms with E-state index in [0.29, 0.717) is 18.8 Å². The smallest absolute Gasteiger partial charge is 0.212 e. The van der Waals surface area contributed by atoms with Crippen LogP contribution in [-0.2, 0) is 0 Å². The average molecular weight is 431 g/mol. The van der Waals surface area contributed by atoms with E-state index in [1.54, 1.807) is 0 Å². The minimum absolute atomic E-state index is 0.132. The van der Waals surface area contributed by atoms with Gasteiger partial charge in [0.25, 0.3) is 0 Å². The molecule has 3 fully saturated rings. The highest BCUT2D eigenvalue weighted by Crippen LogP contribution is 2.44. The lowest BCUT2D eigenvalue weighted by atomic mass is 9.68. The molecule has 0 heterocycles. The van der Waals surface area contributed by atoms with E-state index in [2.05, 4.69) is 6.92 Å². The summed E-state index contributed by atoms with van der Waals surface area (Å²) in [5, 5.41) is 0. The molecule has 0 aliphatic heterocycles. The zero-order valence-corrected chi connectivity index (χ0v) is 18.9. The van der Waals surface area contributed by atoms with Gasteiger partial charge in [-0.1, -0.05) is 58.3 Å². The normalized spacial score (nSPS) is 36.6. The Labute approximate surface area is 181 Å². The Morgan fingerprint density at radius 2 is 1.07 bits per heavy atom. The van der Waals surface area contributed by atoms with Crippen LogP contribution in [0.4, 0.5) is 17.6 Å². The highest BCUT2D eigenvalue weighted by Gasteiger charge is 2.32. The van der Waals surface area contributed by atoms with Crippen molar-refractivity contribution < 1.29 is 17.6 Å². The molecular formula is C26H42F4. The Hall–Kier alpha value is -0.540. The number of rotatable bonds is 7. The molecule has 0 nitrogen and oxygen atoms in total. The van der Waals surface area contributed by atoms with Gasteiger partial charge in [-0.05, 0) is 81.0 Å². The fraction of sp³-hybridized carbons (Fsp3) is 0.923. The van der Waals surface area contributed by atoms with E-state index in [-0.39, 0.29) is 6.08 Å². The second kappa shape index (κ2) is 11.4. The van der Waals surface area contributed by atoms with E-state index in [1.165, 1.54) is 77.0 Å². The number of hydrogen-bond donors (Lipinski definition) is 0. The van der Waals surface area contributed by atoms with Crippen molar-refractivity contribution in [3.05, 3.63) is 11.9 Å². The van der Waals surface area contributed by atoms with Crippen molar-refractivity contribution in [3.63, 3.8) is 0 Å². The fourth-order valence-electron chi connectivity index (χ4n) is 6.78. The van der Waals surface area contributed by atoms with E-state index in [4.69, 9.17) is 0 Å². The average Bonchev–Trinajstić information content (AvgIpc) is 2.73. The van der Waals surface area contributed by atoms with Crippen LogP contribution in [0.5, 0.6) is 0 Å². The third kappa shape index (κ3) is 7.55. The van der Waals surface area contributed by atoms with Gasteiger partial charge in [-0.2, -0.15) is 13.2 Å². The first-order chi connectivity index (χ1) is 14.3. The van der Waals surface area contributed by atoms with Crippen molar-refractivity contribution in [1.29, 1.82) is 0 Å². The summed E-state index contributed by atoms with van der Waals surface area (Å²) in [4.78, 5) is 0. The predicted octanol–water partition coefficient (Wildman–Crippen LogP) is 9.40. The molecule has 0 N–H and O–H groups in total. The maximum Gasteiger partial charge on any atom is 0.412 e. The van der Waals surface area contributed by atoms with Gasteiger partial charge in [0.05, 0.1) is 6.08 Å². The number of allylic oxidation sites excluding steroid dienone is 2. The van der Waals surface area contributed by atoms with Crippen molar-refractivity contribution >= 4 is 0 Å². The van der Waals surface area contributed by atoms with Crippen molar-refractivity contribution in [3.8, 4) is 0 Å². The first-order valence-electron chi connectivity index (χ1n) is 12.8. The number of alkyl halides is 3. The topological polar surface area (TPSA) is 0 Å². The highest BCUT2D eigenvalue weighted by atomic mass is 19.4. The van der Waals surface area contributed by atoms with E-state index in [0.717, 1.165) is 36.5 Å². The Bertz CT molecular complexity index is 514. The van der Waals surface area contributed by atoms with E-state index in [1.807, 2.05) is 0 Å². The molecule has 0 saturated heterocycles. The lowest BCUT2D eigenvalue weighted by Crippen LogP contribution is -2.26. The van der Waals surface area contributed by atoms with Gasteiger partial charge < -0.3 is 0 Å². The van der Waals surface area contributed by atoms with Crippen LogP contribution in [0.1, 0.15) is 110 Å². The molecule has 3 aliphatic carbocycles. The summed E-state index contributed by atoms with van der Waals surface area (Å²) >= 11 is 0. The summed E-state index contributed by atoms with van der Waals surface area (Å²) in [6.45, 7) is 2.31. The second-order valence-corrected chi connectivity index (χ2v) is 10.7. The number of halogens is 4. The molecule has 3 saturated carbocycles. The Morgan fingerprint density at radius 1 is 0.667 bits per heavy atom. The summed E-state index contributed by atoms with van der Waals surface area (Å²) in [7, 11) is 0. The zero-order valence-electron chi connectivity index (χ0n) is 18.9. The van der Waals surface area contributed by atoms with Gasteiger partial charge in [0.2, 0.25) is 0 Å². The first kappa shape index (κ1) is 24.1. The van der Waals surface area contributed by atoms with Crippen molar-refractivity contribution in [2.75, 3.05) is 0 Å². The quantitative estimate of drug-likeness (QED) is 0.353. The molecule has 0 atom stereocenters. The lowest BCUT2D eigenvalue weighted by Gasteiger charge is -2.38. The van der Waals surface area contributed by atoms with Crippen LogP contribution in [0.25, 0.3) is 0 Å². The summed E-state index contributed by atoms with van der Waals surface area (Å²) < 4.78 is 50.8. The molecule has 0 aromatic heterocycles. The van der Waals surface area contributed by atoms with Crippen molar-refractivity contribution in [2.45, 2.75) is 116 Å². The molecule has 0 radical (unpaired) electrons. The largest absolute Gasteiger partial charge is 0.412 e. The van der Waals surface area contributed by atoms with Gasteiger partial charge in [0, 0.05) is 5.92 Å². The molecule has 0 amide bonds. The number of hydrogen-bond acceptors (Lipinski definition) is 0. The molecule has 4 heteroatoms. The third-order valence-corrected chi connectivity index (χ3v) is 8.67. The zero-order chi connectivity index (χ0) is 21.6. The first-order valence-corrected chi connectivity index (χ1v) is 12.8. The van der Waals surface area contributed by atoms with E-state index >= 15 is 0 Å². The van der Waals surface area contributed by atoms with Crippen LogP contribution in [0.15, 0.2) is 11.9 Å². The summed E-state index contributed by atoms with van der Waals surface area (Å²) in [6, 6.07) is 0. The predicted molar refractivity (Wildman–Crippen MR) is 116 cm³/mol. The van der Waals surface area contributed by atoms with Gasteiger partial charge in [0.15, 0.2) is 0 Å². The van der Waals surface area contributed by atoms with Crippen LogP contribution >= 0.6 is 0 Å². The minimum Gasteiger partial charge on any atom is -0.212 e. The molecule has 0 bridgehead atoms. The standard InChI is InChI=1S/C26H42F4/c1-2-3-19-6-12-22(13-7-19)23-14-8-20(9-15-23)4-5-21-10-16-24(17-11-21)25(27)18-26(28,29)30/h18-24H,2-17H2,1H3/b25-18-. The van der Waals surface area contributed by atoms with Crippen LogP contribution in [-0.4, -0.2) is 6.18 Å². The van der Waals surface area contributed by atoms with Gasteiger partial charge in [0.1, 0.15) is 5.83 Å². The Kier molecular flexibility index (Phi) is 9.13. The Balaban J connectivity index is 1.30. The lowest BCUT2D eigenvalue weighted by molar-refractivity contribution is -0.0821. The van der Waals surface area contributed by atoms with Crippen LogP contribution in [0.3, 0.4) is 0 Å². The van der Waals surface area contributed by atoms with E-state index in [9.17, 15) is 17.6 Å². The molecule has 3 rings (SSSR count). The molecule has 0 aromatic carbocycles. The summed E-state index contributed by atoms with van der Waals surface area (Å²) in [6.07, 6.45) is 14.9. The van der Waals surface area contributed by atoms with Gasteiger partial charge >= 0.3 is 6.18 Å². The SMILES string of the molecule is CCCC1CCC(C2CCC(CCC3CCC(/C(F)=C/C(F)(F)F)CC3)CC2)CC1. The molecule has 0 spiro atoms. The van der Waals surface area contributed by atoms with Crippen molar-refractivity contribution in [2.24, 2.45) is 35.5 Å². The molecular weight excluding hydrogens is 388 g/mol. The van der Waals surface area contributed by atoms with Crippen molar-refractivity contribution in [1.82, 2.24) is 0 Å². The maximum absolute atomic E-state index is 13.8. The minimum atomic E-state index is -4.53. The molecule has 0 unspecified atom stereocenters. The van der Waals surface area contributed by atoms with Gasteiger partial charge in [-0.25, -0.2) is 4.39 Å². The molecule has 0 aromatic rings. The molecule has 30 heavy (non-hydrogen) atoms. The van der Waals surface area contributed by atoms with Crippen LogP contribution in [0.2, 0.25) is 0 Å². The van der Waals surface area contributed by atoms with Crippen LogP contribution in [0, 0.1) is 35.5 Å². The fourth-order valence-corrected chi connectivity index (χ4v) is 6.78. The van der Waals surface area contributed by atoms with Gasteiger partial charge in [-0.3, -0.25) is 0 Å². The second-order valence-electron chi connectivity index (χ2n) is 10.7. The summed E-state index contributed by atoms with van der Waals surface area (Å²) in [5.74, 6) is 2.91. The van der Waals surface area contributed by atoms with Gasteiger partial charge in [-0.15, -0.1) is 0 Å². The van der Waals surface area contributed by atoms with Crippen LogP contribution < -0.4 is 0 Å². The summed E-state index contributed by atoms with van der Waals surface area (Å²) in [5.41, 5.74) is 0. The maximum atomic E-state index is 13.8. The molecule has 174 valence electrons. The molecule has 3 aliphatic rings. The highest BCUT2D eigenvalue weighted by molar-refractivity contribution is 5.03. The monoisotopic (exact) mass is 430 g/mol. The third-order valence-electron chi connectivity index (χ3n) is 8.67. The van der Waals surface area contributed by atoms with E-state index < -0.39 is 17.9 Å².